The maximum Gasteiger partial charge on any atom is 0.318 e. The van der Waals surface area contributed by atoms with Crippen LogP contribution in [0.5, 0.6) is 5.75 Å². The number of methoxy groups -OCH3 is 1. The Kier molecular flexibility index (Phi) is 9.24. The van der Waals surface area contributed by atoms with Crippen molar-refractivity contribution in [2.75, 3.05) is 44.7 Å². The Bertz CT molecular complexity index is 1330. The molecule has 1 fully saturated rings. The molecule has 208 valence electrons. The van der Waals surface area contributed by atoms with E-state index in [0.29, 0.717) is 60.2 Å². The minimum atomic E-state index is -0.657. The number of benzene rings is 2. The molecule has 1 N–H and O–H groups in total. The summed E-state index contributed by atoms with van der Waals surface area (Å²) in [6, 6.07) is 10.1. The van der Waals surface area contributed by atoms with Crippen molar-refractivity contribution in [1.29, 1.82) is 0 Å². The highest BCUT2D eigenvalue weighted by molar-refractivity contribution is 6.42. The van der Waals surface area contributed by atoms with Gasteiger partial charge in [0.2, 0.25) is 5.91 Å². The van der Waals surface area contributed by atoms with Crippen molar-refractivity contribution in [3.05, 3.63) is 64.1 Å². The molecule has 1 aliphatic rings. The molecule has 0 spiro atoms. The molecule has 2 aromatic carbocycles. The van der Waals surface area contributed by atoms with E-state index in [1.165, 1.54) is 0 Å². The van der Waals surface area contributed by atoms with Gasteiger partial charge in [0.15, 0.2) is 11.7 Å². The SMILES string of the molecule is CCN(CC)C(=O)C1CN(c2ccc(-c3cnc(C)o3)c(OC)c2)CCN1C(=O)NCc1ccc(Cl)c(Cl)c1. The number of hydrogen-bond donors (Lipinski definition) is 1. The number of carbonyl (C=O) groups is 2. The van der Waals surface area contributed by atoms with Gasteiger partial charge in [0.25, 0.3) is 0 Å². The number of halogens is 2. The number of likely N-dealkylation sites (N-methyl/N-ethyl adjacent to an activating group) is 1. The summed E-state index contributed by atoms with van der Waals surface area (Å²) in [6.07, 6.45) is 1.67. The van der Waals surface area contributed by atoms with Gasteiger partial charge in [0.1, 0.15) is 11.8 Å². The first-order valence-corrected chi connectivity index (χ1v) is 13.6. The Hall–Kier alpha value is -3.43. The van der Waals surface area contributed by atoms with Gasteiger partial charge >= 0.3 is 6.03 Å². The van der Waals surface area contributed by atoms with Crippen LogP contribution in [0.4, 0.5) is 10.5 Å². The van der Waals surface area contributed by atoms with Crippen LogP contribution >= 0.6 is 23.2 Å². The largest absolute Gasteiger partial charge is 0.496 e. The molecule has 0 bridgehead atoms. The van der Waals surface area contributed by atoms with Crippen molar-refractivity contribution in [3.63, 3.8) is 0 Å². The number of urea groups is 1. The number of oxazole rings is 1. The van der Waals surface area contributed by atoms with Crippen LogP contribution in [0.25, 0.3) is 11.3 Å². The lowest BCUT2D eigenvalue weighted by atomic mass is 10.1. The first-order valence-electron chi connectivity index (χ1n) is 12.9. The number of piperazine rings is 1. The second-order valence-electron chi connectivity index (χ2n) is 9.20. The van der Waals surface area contributed by atoms with Gasteiger partial charge in [-0.25, -0.2) is 9.78 Å². The molecule has 11 heteroatoms. The number of aryl methyl sites for hydroxylation is 1. The Morgan fingerprint density at radius 1 is 1.13 bits per heavy atom. The molecule has 1 atom stereocenters. The van der Waals surface area contributed by atoms with Gasteiger partial charge in [-0.3, -0.25) is 4.79 Å². The number of carbonyl (C=O) groups excluding carboxylic acids is 2. The molecule has 0 saturated carbocycles. The third-order valence-electron chi connectivity index (χ3n) is 6.87. The predicted octanol–water partition coefficient (Wildman–Crippen LogP) is 5.23. The molecule has 1 unspecified atom stereocenters. The molecular formula is C28H33Cl2N5O4. The predicted molar refractivity (Wildman–Crippen MR) is 153 cm³/mol. The molecule has 0 radical (unpaired) electrons. The normalized spacial score (nSPS) is 15.3. The Morgan fingerprint density at radius 2 is 1.90 bits per heavy atom. The monoisotopic (exact) mass is 573 g/mol. The first-order chi connectivity index (χ1) is 18.7. The smallest absolute Gasteiger partial charge is 0.318 e. The zero-order valence-corrected chi connectivity index (χ0v) is 24.1. The zero-order chi connectivity index (χ0) is 28.1. The molecule has 3 aromatic rings. The standard InChI is InChI=1S/C28H33Cl2N5O4/c1-5-33(6-2)27(36)24-17-34(20-8-9-21(25(14-20)38-4)26-16-31-18(3)39-26)11-12-35(24)28(37)32-15-19-7-10-22(29)23(30)13-19/h7-10,13-14,16,24H,5-6,11-12,15,17H2,1-4H3,(H,32,37). The van der Waals surface area contributed by atoms with Crippen LogP contribution in [-0.4, -0.2) is 72.6 Å². The molecule has 39 heavy (non-hydrogen) atoms. The fourth-order valence-electron chi connectivity index (χ4n) is 4.71. The van der Waals surface area contributed by atoms with Crippen LogP contribution in [0, 0.1) is 6.92 Å². The molecular weight excluding hydrogens is 541 g/mol. The average molecular weight is 575 g/mol. The number of nitrogens with zero attached hydrogens (tertiary/aromatic N) is 4. The van der Waals surface area contributed by atoms with Crippen LogP contribution in [0.15, 0.2) is 47.0 Å². The number of anilines is 1. The van der Waals surface area contributed by atoms with Crippen LogP contribution < -0.4 is 15.0 Å². The number of rotatable bonds is 8. The number of ether oxygens (including phenoxy) is 1. The number of amides is 3. The van der Waals surface area contributed by atoms with Gasteiger partial charge in [-0.1, -0.05) is 29.3 Å². The summed E-state index contributed by atoms with van der Waals surface area (Å²) in [5, 5.41) is 3.81. The summed E-state index contributed by atoms with van der Waals surface area (Å²) in [5.41, 5.74) is 2.50. The maximum absolute atomic E-state index is 13.6. The van der Waals surface area contributed by atoms with E-state index < -0.39 is 6.04 Å². The summed E-state index contributed by atoms with van der Waals surface area (Å²) in [5.74, 6) is 1.74. The Morgan fingerprint density at radius 3 is 2.54 bits per heavy atom. The van der Waals surface area contributed by atoms with E-state index in [1.54, 1.807) is 42.2 Å². The van der Waals surface area contributed by atoms with Crippen molar-refractivity contribution >= 4 is 40.8 Å². The molecule has 1 saturated heterocycles. The van der Waals surface area contributed by atoms with Gasteiger partial charge < -0.3 is 29.2 Å². The van der Waals surface area contributed by atoms with Crippen LogP contribution in [0.2, 0.25) is 10.0 Å². The average Bonchev–Trinajstić information content (AvgIpc) is 3.39. The summed E-state index contributed by atoms with van der Waals surface area (Å²) in [4.78, 5) is 36.5. The fourth-order valence-corrected chi connectivity index (χ4v) is 5.03. The van der Waals surface area contributed by atoms with E-state index in [1.807, 2.05) is 38.1 Å². The maximum atomic E-state index is 13.6. The van der Waals surface area contributed by atoms with Gasteiger partial charge in [0.05, 0.1) is 28.9 Å². The van der Waals surface area contributed by atoms with E-state index in [9.17, 15) is 9.59 Å². The van der Waals surface area contributed by atoms with Crippen molar-refractivity contribution in [3.8, 4) is 17.1 Å². The Labute approximate surface area is 238 Å². The van der Waals surface area contributed by atoms with E-state index >= 15 is 0 Å². The van der Waals surface area contributed by atoms with E-state index in [2.05, 4.69) is 15.2 Å². The first kappa shape index (κ1) is 28.6. The highest BCUT2D eigenvalue weighted by atomic mass is 35.5. The highest BCUT2D eigenvalue weighted by Crippen LogP contribution is 2.35. The van der Waals surface area contributed by atoms with Crippen LogP contribution in [-0.2, 0) is 11.3 Å². The second-order valence-corrected chi connectivity index (χ2v) is 10.0. The molecule has 9 nitrogen and oxygen atoms in total. The molecule has 1 aromatic heterocycles. The lowest BCUT2D eigenvalue weighted by molar-refractivity contribution is -0.135. The van der Waals surface area contributed by atoms with Crippen molar-refractivity contribution in [2.24, 2.45) is 0 Å². The number of hydrogen-bond acceptors (Lipinski definition) is 6. The van der Waals surface area contributed by atoms with Crippen LogP contribution in [0.1, 0.15) is 25.3 Å². The highest BCUT2D eigenvalue weighted by Gasteiger charge is 2.37. The number of aromatic nitrogens is 1. The van der Waals surface area contributed by atoms with E-state index in [-0.39, 0.29) is 18.5 Å². The zero-order valence-electron chi connectivity index (χ0n) is 22.5. The van der Waals surface area contributed by atoms with E-state index in [4.69, 9.17) is 32.4 Å². The van der Waals surface area contributed by atoms with Gasteiger partial charge in [-0.2, -0.15) is 0 Å². The quantitative estimate of drug-likeness (QED) is 0.396. The van der Waals surface area contributed by atoms with Gasteiger partial charge in [0, 0.05) is 57.9 Å². The van der Waals surface area contributed by atoms with Crippen molar-refractivity contribution in [1.82, 2.24) is 20.1 Å². The molecule has 4 rings (SSSR count). The number of nitrogens with one attached hydrogen (secondary N) is 1. The summed E-state index contributed by atoms with van der Waals surface area (Å²) < 4.78 is 11.3. The van der Waals surface area contributed by atoms with Gasteiger partial charge in [-0.15, -0.1) is 0 Å². The van der Waals surface area contributed by atoms with Crippen molar-refractivity contribution in [2.45, 2.75) is 33.4 Å². The minimum Gasteiger partial charge on any atom is -0.496 e. The third-order valence-corrected chi connectivity index (χ3v) is 7.61. The summed E-state index contributed by atoms with van der Waals surface area (Å²) in [7, 11) is 1.61. The molecule has 0 aliphatic carbocycles. The molecule has 2 heterocycles. The Balaban J connectivity index is 1.54. The van der Waals surface area contributed by atoms with Crippen LogP contribution in [0.3, 0.4) is 0 Å². The molecule has 1 aliphatic heterocycles. The minimum absolute atomic E-state index is 0.0879. The van der Waals surface area contributed by atoms with E-state index in [0.717, 1.165) is 16.8 Å². The van der Waals surface area contributed by atoms with Gasteiger partial charge in [-0.05, 0) is 43.7 Å². The topological polar surface area (TPSA) is 91.2 Å². The summed E-state index contributed by atoms with van der Waals surface area (Å²) in [6.45, 7) is 8.31. The fraction of sp³-hybridized carbons (Fsp3) is 0.393. The lowest BCUT2D eigenvalue weighted by Crippen LogP contribution is -2.62. The molecule has 3 amide bonds. The lowest BCUT2D eigenvalue weighted by Gasteiger charge is -2.43. The third kappa shape index (κ3) is 6.42. The second kappa shape index (κ2) is 12.6. The van der Waals surface area contributed by atoms with Crippen molar-refractivity contribution < 1.29 is 18.7 Å². The summed E-state index contributed by atoms with van der Waals surface area (Å²) >= 11 is 12.1.